The van der Waals surface area contributed by atoms with E-state index in [9.17, 15) is 0 Å². The number of hydrogen-bond donors (Lipinski definition) is 0. The monoisotopic (exact) mass is 514 g/mol. The molecule has 0 radical (unpaired) electrons. The molecule has 0 aliphatic heterocycles. The van der Waals surface area contributed by atoms with Gasteiger partial charge >= 0.3 is 41.0 Å². The topological polar surface area (TPSA) is 0 Å². The van der Waals surface area contributed by atoms with Crippen molar-refractivity contribution >= 4 is 14.0 Å². The summed E-state index contributed by atoms with van der Waals surface area (Å²) in [4.78, 5) is 0. The molecule has 0 bridgehead atoms. The quantitative estimate of drug-likeness (QED) is 0.256. The van der Waals surface area contributed by atoms with E-state index in [-0.39, 0.29) is 5.41 Å². The fraction of sp³-hybridized carbons (Fsp3) is 0.440. The Morgan fingerprint density at radius 1 is 1.00 bits per heavy atom. The first kappa shape index (κ1) is 23.1. The summed E-state index contributed by atoms with van der Waals surface area (Å²) in [5.74, 6) is 0. The van der Waals surface area contributed by atoms with Gasteiger partial charge in [0.2, 0.25) is 0 Å². The summed E-state index contributed by atoms with van der Waals surface area (Å²) in [5.41, 5.74) is 3.54. The zero-order valence-electron chi connectivity index (χ0n) is 17.8. The number of benzene rings is 1. The molecule has 0 amide bonds. The van der Waals surface area contributed by atoms with Gasteiger partial charge in [-0.05, 0) is 5.41 Å². The molecule has 2 aromatic rings. The summed E-state index contributed by atoms with van der Waals surface area (Å²) in [6.45, 7) is 17.8. The molecule has 0 heterocycles. The molecule has 0 fully saturated rings. The van der Waals surface area contributed by atoms with Gasteiger partial charge in [-0.3, -0.25) is 6.08 Å². The number of rotatable bonds is 0. The van der Waals surface area contributed by atoms with Crippen LogP contribution in [0.1, 0.15) is 67.4 Å². The van der Waals surface area contributed by atoms with E-state index in [0.29, 0.717) is 5.41 Å². The summed E-state index contributed by atoms with van der Waals surface area (Å²) >= 11 is 1.27. The van der Waals surface area contributed by atoms with Crippen molar-refractivity contribution in [3.63, 3.8) is 0 Å². The van der Waals surface area contributed by atoms with Crippen molar-refractivity contribution in [2.45, 2.75) is 67.2 Å². The first-order valence-corrected chi connectivity index (χ1v) is 11.2. The van der Waals surface area contributed by atoms with Crippen molar-refractivity contribution < 1.29 is 23.9 Å². The molecule has 0 aromatic heterocycles. The van der Waals surface area contributed by atoms with Crippen LogP contribution in [0.5, 0.6) is 0 Å². The van der Waals surface area contributed by atoms with Crippen LogP contribution >= 0.6 is 0 Å². The molecule has 1 heteroatoms. The first-order valence-electron chi connectivity index (χ1n) is 9.36. The maximum absolute atomic E-state index is 3.16. The van der Waals surface area contributed by atoms with E-state index in [1.807, 2.05) is 6.08 Å². The third-order valence-corrected chi connectivity index (χ3v) is 4.15. The predicted octanol–water partition coefficient (Wildman–Crippen LogP) is 7.32. The molecule has 26 heavy (non-hydrogen) atoms. The third kappa shape index (κ3) is 7.74. The van der Waals surface area contributed by atoms with Crippen molar-refractivity contribution in [3.05, 3.63) is 65.8 Å². The van der Waals surface area contributed by atoms with E-state index in [1.54, 1.807) is 3.26 Å². The number of hydrogen-bond acceptors (Lipinski definition) is 0. The second kappa shape index (κ2) is 9.83. The molecule has 1 aliphatic rings. The number of allylic oxidation sites excluding steroid dienone is 4. The van der Waals surface area contributed by atoms with Crippen LogP contribution in [-0.2, 0) is 29.3 Å². The van der Waals surface area contributed by atoms with Gasteiger partial charge in [0.25, 0.3) is 0 Å². The van der Waals surface area contributed by atoms with Crippen LogP contribution in [0.15, 0.2) is 54.1 Å². The Balaban J connectivity index is 0.000000227. The predicted molar refractivity (Wildman–Crippen MR) is 115 cm³/mol. The van der Waals surface area contributed by atoms with E-state index in [4.69, 9.17) is 0 Å². The van der Waals surface area contributed by atoms with E-state index >= 15 is 0 Å². The van der Waals surface area contributed by atoms with Gasteiger partial charge in [0.1, 0.15) is 0 Å². The Morgan fingerprint density at radius 3 is 2.00 bits per heavy atom. The van der Waals surface area contributed by atoms with Crippen LogP contribution in [0.25, 0.3) is 10.8 Å². The average molecular weight is 513 g/mol. The van der Waals surface area contributed by atoms with Gasteiger partial charge in [-0.25, -0.2) is 12.2 Å². The van der Waals surface area contributed by atoms with Crippen LogP contribution in [0.3, 0.4) is 0 Å². The fourth-order valence-corrected chi connectivity index (χ4v) is 2.71. The van der Waals surface area contributed by atoms with Crippen LogP contribution < -0.4 is 0 Å². The Labute approximate surface area is 175 Å². The minimum absolute atomic E-state index is 0.253. The molecular formula is C25H34Hf. The normalized spacial score (nSPS) is 13.5. The summed E-state index contributed by atoms with van der Waals surface area (Å²) in [5, 5.41) is 2.75. The minimum atomic E-state index is 0.253. The zero-order valence-corrected chi connectivity index (χ0v) is 21.4. The molecular weight excluding hydrogens is 479 g/mol. The van der Waals surface area contributed by atoms with Crippen LogP contribution in [0.2, 0.25) is 0 Å². The van der Waals surface area contributed by atoms with Gasteiger partial charge in [-0.15, -0.1) is 53.1 Å². The van der Waals surface area contributed by atoms with Gasteiger partial charge in [-0.2, -0.15) is 5.57 Å². The van der Waals surface area contributed by atoms with Crippen LogP contribution in [0.4, 0.5) is 0 Å². The zero-order chi connectivity index (χ0) is 20.0. The second-order valence-electron chi connectivity index (χ2n) is 9.07. The fourth-order valence-electron chi connectivity index (χ4n) is 2.71. The molecule has 0 nitrogen and oxygen atoms in total. The molecule has 0 spiro atoms. The summed E-state index contributed by atoms with van der Waals surface area (Å²) in [6, 6.07) is 13.0. The molecule has 2 aromatic carbocycles. The van der Waals surface area contributed by atoms with Crippen molar-refractivity contribution in [1.82, 2.24) is 0 Å². The Morgan fingerprint density at radius 2 is 1.58 bits per heavy atom. The van der Waals surface area contributed by atoms with Gasteiger partial charge in [0.15, 0.2) is 0 Å². The first-order chi connectivity index (χ1) is 11.9. The van der Waals surface area contributed by atoms with Gasteiger partial charge in [0.05, 0.1) is 0 Å². The van der Waals surface area contributed by atoms with Crippen LogP contribution in [0, 0.1) is 11.5 Å². The van der Waals surface area contributed by atoms with E-state index in [1.165, 1.54) is 45.8 Å². The third-order valence-electron chi connectivity index (χ3n) is 4.15. The molecule has 1 aliphatic carbocycles. The summed E-state index contributed by atoms with van der Waals surface area (Å²) < 4.78 is 1.56. The van der Waals surface area contributed by atoms with Crippen molar-refractivity contribution in [2.24, 2.45) is 5.41 Å². The van der Waals surface area contributed by atoms with Crippen molar-refractivity contribution in [3.8, 4) is 0 Å². The summed E-state index contributed by atoms with van der Waals surface area (Å²) in [6.07, 6.45) is 8.37. The van der Waals surface area contributed by atoms with E-state index in [2.05, 4.69) is 104 Å². The standard InChI is InChI=1S/C13H15.C9H13.C3H6.Hf/c1-13(2,3)12-9-8-10-6-4-5-7-11(10)12;1-9(2,3)8-6-4-5-7-8;1-3-2;/h4-9H,1-3H3;4,6H,7H2,1-3H3;1-2H3;/q2*-1;;+2. The van der Waals surface area contributed by atoms with Gasteiger partial charge in [0, 0.05) is 0 Å². The molecule has 0 saturated carbocycles. The molecule has 0 saturated heterocycles. The molecule has 0 N–H and O–H groups in total. The number of fused-ring (bicyclic) bond motifs is 1. The Kier molecular flexibility index (Phi) is 8.73. The van der Waals surface area contributed by atoms with Crippen molar-refractivity contribution in [2.75, 3.05) is 0 Å². The van der Waals surface area contributed by atoms with E-state index in [0.717, 1.165) is 6.42 Å². The molecule has 0 unspecified atom stereocenters. The maximum atomic E-state index is 3.16. The van der Waals surface area contributed by atoms with Gasteiger partial charge in [-0.1, -0.05) is 53.0 Å². The second-order valence-corrected chi connectivity index (χ2v) is 12.7. The molecule has 0 atom stereocenters. The Hall–Kier alpha value is -0.950. The SMILES string of the molecule is CC(C)(C)C1=CC=[C-]C1.CC(C)(C)c1c[cH-]c2ccccc12.C[C](C)=[Hf+2]. The average Bonchev–Trinajstić information content (AvgIpc) is 3.16. The molecule has 138 valence electrons. The molecule has 3 rings (SSSR count). The van der Waals surface area contributed by atoms with Gasteiger partial charge < -0.3 is 0 Å². The van der Waals surface area contributed by atoms with Crippen LogP contribution in [-0.4, -0.2) is 3.26 Å². The van der Waals surface area contributed by atoms with E-state index < -0.39 is 0 Å². The summed E-state index contributed by atoms with van der Waals surface area (Å²) in [7, 11) is 0. The van der Waals surface area contributed by atoms with Crippen molar-refractivity contribution in [1.29, 1.82) is 0 Å². The Bertz CT molecular complexity index is 766.